The van der Waals surface area contributed by atoms with Crippen molar-refractivity contribution in [1.29, 1.82) is 0 Å². The molecule has 37 heavy (non-hydrogen) atoms. The molecule has 0 aliphatic carbocycles. The first-order valence-electron chi connectivity index (χ1n) is 14.2. The van der Waals surface area contributed by atoms with E-state index in [2.05, 4.69) is 19.1 Å². The van der Waals surface area contributed by atoms with Gasteiger partial charge in [-0.05, 0) is 30.5 Å². The van der Waals surface area contributed by atoms with Gasteiger partial charge in [-0.15, -0.1) is 0 Å². The zero-order valence-corrected chi connectivity index (χ0v) is 25.0. The molecule has 8 heteroatoms. The van der Waals surface area contributed by atoms with Crippen LogP contribution in [0.25, 0.3) is 0 Å². The Morgan fingerprint density at radius 1 is 0.892 bits per heavy atom. The van der Waals surface area contributed by atoms with Crippen LogP contribution in [0.3, 0.4) is 0 Å². The summed E-state index contributed by atoms with van der Waals surface area (Å²) in [6, 6.07) is 7.96. The third-order valence-electron chi connectivity index (χ3n) is 6.24. The number of quaternary nitrogens is 1. The van der Waals surface area contributed by atoms with Crippen LogP contribution in [0.2, 0.25) is 0 Å². The Hall–Kier alpha value is -1.40. The van der Waals surface area contributed by atoms with E-state index in [1.54, 1.807) is 0 Å². The van der Waals surface area contributed by atoms with Crippen molar-refractivity contribution in [3.05, 3.63) is 29.8 Å². The van der Waals surface area contributed by atoms with E-state index in [1.165, 1.54) is 76.7 Å². The van der Waals surface area contributed by atoms with E-state index in [0.29, 0.717) is 16.7 Å². The minimum Gasteiger partial charge on any atom is -0.490 e. The number of carbonyl (C=O) groups excluding carboxylic acids is 1. The molecule has 0 bridgehead atoms. The molecule has 1 aromatic rings. The van der Waals surface area contributed by atoms with Gasteiger partial charge in [-0.1, -0.05) is 76.8 Å². The monoisotopic (exact) mass is 542 g/mol. The Bertz CT molecular complexity index is 778. The minimum atomic E-state index is -3.76. The maximum atomic E-state index is 12.4. The van der Waals surface area contributed by atoms with Crippen molar-refractivity contribution in [2.24, 2.45) is 0 Å². The molecular weight excluding hydrogens is 489 g/mol. The number of unbranched alkanes of at least 4 members (excludes halogenated alkanes) is 9. The number of nitrogens with zero attached hydrogens (tertiary/aromatic N) is 1. The topological polar surface area (TPSA) is 82.1 Å². The lowest BCUT2D eigenvalue weighted by molar-refractivity contribution is -0.870. The summed E-state index contributed by atoms with van der Waals surface area (Å²) in [5, 5.41) is 0. The van der Waals surface area contributed by atoms with E-state index in [-0.39, 0.29) is 19.4 Å². The van der Waals surface area contributed by atoms with Gasteiger partial charge in [0.25, 0.3) is 0 Å². The quantitative estimate of drug-likeness (QED) is 0.0755. The van der Waals surface area contributed by atoms with Crippen LogP contribution in [-0.2, 0) is 25.0 Å². The normalized spacial score (nSPS) is 14.2. The van der Waals surface area contributed by atoms with Crippen LogP contribution in [0.15, 0.2) is 24.3 Å². The second-order valence-corrected chi connectivity index (χ2v) is 13.1. The fraction of sp³-hybridized carbons (Fsp3) is 0.759. The molecule has 0 saturated carbocycles. The Morgan fingerprint density at radius 2 is 1.46 bits per heavy atom. The Balaban J connectivity index is 2.33. The van der Waals surface area contributed by atoms with E-state index in [1.807, 2.05) is 33.3 Å². The molecule has 1 rings (SSSR count). The second-order valence-electron chi connectivity index (χ2n) is 11.1. The summed E-state index contributed by atoms with van der Waals surface area (Å²) < 4.78 is 29.4. The van der Waals surface area contributed by atoms with E-state index < -0.39 is 19.7 Å². The van der Waals surface area contributed by atoms with Crippen molar-refractivity contribution in [3.63, 3.8) is 0 Å². The molecule has 0 heterocycles. The average molecular weight is 543 g/mol. The summed E-state index contributed by atoms with van der Waals surface area (Å²) in [5.41, 5.74) is 1.28. The van der Waals surface area contributed by atoms with Gasteiger partial charge >= 0.3 is 13.6 Å². The molecule has 0 aromatic heterocycles. The van der Waals surface area contributed by atoms with Gasteiger partial charge < -0.3 is 23.4 Å². The molecule has 0 radical (unpaired) electrons. The number of carbonyl (C=O) groups is 1. The highest BCUT2D eigenvalue weighted by Crippen LogP contribution is 2.42. The fourth-order valence-corrected chi connectivity index (χ4v) is 5.19. The second kappa shape index (κ2) is 18.8. The number of rotatable bonds is 22. The maximum Gasteiger partial charge on any atom is 0.328 e. The lowest BCUT2D eigenvalue weighted by Gasteiger charge is -2.24. The molecule has 1 aromatic carbocycles. The number of benzene rings is 1. The summed E-state index contributed by atoms with van der Waals surface area (Å²) in [6.07, 6.45) is 14.2. The number of esters is 1. The molecule has 0 fully saturated rings. The first-order chi connectivity index (χ1) is 17.5. The highest BCUT2D eigenvalue weighted by Gasteiger charge is 2.24. The zero-order valence-electron chi connectivity index (χ0n) is 24.1. The highest BCUT2D eigenvalue weighted by atomic mass is 31.2. The molecule has 7 nitrogen and oxygen atoms in total. The van der Waals surface area contributed by atoms with Gasteiger partial charge in [-0.25, -0.2) is 0 Å². The van der Waals surface area contributed by atoms with Crippen LogP contribution in [0, 0.1) is 0 Å². The van der Waals surface area contributed by atoms with Crippen molar-refractivity contribution in [2.45, 2.75) is 97.0 Å². The lowest BCUT2D eigenvalue weighted by atomic mass is 10.0. The van der Waals surface area contributed by atoms with Gasteiger partial charge in [0.1, 0.15) is 12.4 Å². The highest BCUT2D eigenvalue weighted by molar-refractivity contribution is 7.52. The first-order valence-corrected chi connectivity index (χ1v) is 15.9. The molecule has 0 amide bonds. The summed E-state index contributed by atoms with van der Waals surface area (Å²) >= 11 is 0. The Morgan fingerprint density at radius 3 is 2.00 bits per heavy atom. The van der Waals surface area contributed by atoms with E-state index in [0.717, 1.165) is 13.0 Å². The van der Waals surface area contributed by atoms with Crippen molar-refractivity contribution >= 4 is 13.6 Å². The molecule has 2 atom stereocenters. The predicted octanol–water partition coefficient (Wildman–Crippen LogP) is 6.76. The van der Waals surface area contributed by atoms with Crippen LogP contribution >= 0.6 is 7.60 Å². The largest absolute Gasteiger partial charge is 0.490 e. The summed E-state index contributed by atoms with van der Waals surface area (Å²) in [5.74, 6) is 0.181. The van der Waals surface area contributed by atoms with Crippen LogP contribution < -0.4 is 4.74 Å². The first kappa shape index (κ1) is 33.6. The van der Waals surface area contributed by atoms with E-state index >= 15 is 0 Å². The van der Waals surface area contributed by atoms with Gasteiger partial charge in [-0.2, -0.15) is 0 Å². The van der Waals surface area contributed by atoms with Crippen LogP contribution in [0.5, 0.6) is 5.75 Å². The average Bonchev–Trinajstić information content (AvgIpc) is 2.81. The van der Waals surface area contributed by atoms with Gasteiger partial charge in [0.15, 0.2) is 6.10 Å². The SMILES string of the molecule is CCCCCCCCCCCCc1ccc(OCC(COP(=O)(O)CCC[N+](C)(C)C)OC(C)=O)cc1. The smallest absolute Gasteiger partial charge is 0.328 e. The van der Waals surface area contributed by atoms with Crippen molar-refractivity contribution < 1.29 is 32.7 Å². The zero-order chi connectivity index (χ0) is 27.6. The van der Waals surface area contributed by atoms with Gasteiger partial charge in [0, 0.05) is 13.3 Å². The van der Waals surface area contributed by atoms with Crippen LogP contribution in [-0.4, -0.2) is 68.5 Å². The minimum absolute atomic E-state index is 0.0518. The number of hydrogen-bond acceptors (Lipinski definition) is 5. The number of hydrogen-bond donors (Lipinski definition) is 1. The lowest BCUT2D eigenvalue weighted by Crippen LogP contribution is -2.35. The van der Waals surface area contributed by atoms with E-state index in [4.69, 9.17) is 14.0 Å². The van der Waals surface area contributed by atoms with E-state index in [9.17, 15) is 14.3 Å². The maximum absolute atomic E-state index is 12.4. The van der Waals surface area contributed by atoms with Gasteiger partial charge in [-0.3, -0.25) is 9.36 Å². The molecule has 0 aliphatic heterocycles. The molecule has 2 unspecified atom stereocenters. The van der Waals surface area contributed by atoms with Gasteiger partial charge in [0.05, 0.1) is 40.5 Å². The molecule has 0 spiro atoms. The molecule has 214 valence electrons. The summed E-state index contributed by atoms with van der Waals surface area (Å²) in [6.45, 7) is 4.19. The molecule has 1 N–H and O–H groups in total. The van der Waals surface area contributed by atoms with Crippen LogP contribution in [0.4, 0.5) is 0 Å². The number of ether oxygens (including phenoxy) is 2. The van der Waals surface area contributed by atoms with Crippen molar-refractivity contribution in [1.82, 2.24) is 0 Å². The number of aryl methyl sites for hydroxylation is 1. The Kier molecular flexibility index (Phi) is 17.1. The molecular formula is C29H53NO6P+. The predicted molar refractivity (Wildman–Crippen MR) is 151 cm³/mol. The molecule has 0 aliphatic rings. The van der Waals surface area contributed by atoms with Gasteiger partial charge in [0.2, 0.25) is 0 Å². The standard InChI is InChI=1S/C29H52NO6P/c1-6-7-8-9-10-11-12-13-14-15-17-27-18-20-28(21-19-27)34-24-29(36-26(2)31)25-35-37(32,33)23-16-22-30(3,4)5/h18-21,29H,6-17,22-25H2,1-5H3/p+1. The fourth-order valence-electron chi connectivity index (χ4n) is 4.12. The van der Waals surface area contributed by atoms with Crippen LogP contribution in [0.1, 0.15) is 90.0 Å². The molecule has 0 saturated heterocycles. The van der Waals surface area contributed by atoms with Crippen molar-refractivity contribution in [3.8, 4) is 5.75 Å². The van der Waals surface area contributed by atoms with Crippen molar-refractivity contribution in [2.75, 3.05) is 47.1 Å². The Labute approximate surface area is 226 Å². The summed E-state index contributed by atoms with van der Waals surface area (Å²) in [7, 11) is 2.33. The summed E-state index contributed by atoms with van der Waals surface area (Å²) in [4.78, 5) is 21.6. The third-order valence-corrected chi connectivity index (χ3v) is 7.68. The third kappa shape index (κ3) is 19.3.